The molecule has 6 amide bonds. The monoisotopic (exact) mass is 2030 g/mol. The quantitative estimate of drug-likeness (QED) is 0.0326. The molecule has 3 aliphatic carbocycles. The van der Waals surface area contributed by atoms with Gasteiger partial charge in [-0.15, -0.1) is 0 Å². The Kier molecular flexibility index (Phi) is 32.7. The van der Waals surface area contributed by atoms with E-state index in [1.807, 2.05) is 95.2 Å². The molecule has 0 atom stereocenters. The van der Waals surface area contributed by atoms with Gasteiger partial charge in [0.05, 0.1) is 64.5 Å². The zero-order chi connectivity index (χ0) is 104. The summed E-state index contributed by atoms with van der Waals surface area (Å²) in [4.78, 5) is 97.5. The Labute approximate surface area is 828 Å². The number of aryl methyl sites for hydroxylation is 6. The number of aromatic nitrogens is 12. The molecule has 12 aromatic rings. The van der Waals surface area contributed by atoms with Gasteiger partial charge in [-0.2, -0.15) is 64.6 Å². The number of hydrogen-bond acceptors (Lipinski definition) is 29. The van der Waals surface area contributed by atoms with Crippen molar-refractivity contribution in [3.63, 3.8) is 0 Å². The first-order valence-electron chi connectivity index (χ1n) is 45.4. The molecule has 1 aliphatic heterocycles. The summed E-state index contributed by atoms with van der Waals surface area (Å²) in [5.41, 5.74) is 16.9. The van der Waals surface area contributed by atoms with Gasteiger partial charge in [0.1, 0.15) is 40.7 Å². The van der Waals surface area contributed by atoms with Crippen molar-refractivity contribution in [1.29, 1.82) is 10.5 Å². The van der Waals surface area contributed by atoms with Gasteiger partial charge in [-0.05, 0) is 246 Å². The minimum atomic E-state index is -4.30. The maximum Gasteiger partial charge on any atom is 0.283 e. The lowest BCUT2D eigenvalue weighted by atomic mass is 9.88. The third kappa shape index (κ3) is 24.2. The number of sulfonamides is 4. The molecule has 0 radical (unpaired) electrons. The van der Waals surface area contributed by atoms with Gasteiger partial charge in [-0.25, -0.2) is 43.2 Å². The third-order valence-corrected chi connectivity index (χ3v) is 29.5. The number of methoxy groups -OCH3 is 3. The third-order valence-electron chi connectivity index (χ3n) is 24.5. The summed E-state index contributed by atoms with van der Waals surface area (Å²) in [6.07, 6.45) is 13.5. The average molecular weight is 2030 g/mol. The fourth-order valence-corrected chi connectivity index (χ4v) is 21.4. The lowest BCUT2D eigenvalue weighted by Gasteiger charge is -2.40. The number of carbonyl (C=O) groups is 6. The second-order valence-electron chi connectivity index (χ2n) is 35.8. The molecule has 16 rings (SSSR count). The van der Waals surface area contributed by atoms with Crippen LogP contribution in [0.25, 0.3) is 44.5 Å². The Morgan fingerprint density at radius 1 is 0.455 bits per heavy atom. The molecule has 1 saturated heterocycles. The Morgan fingerprint density at radius 2 is 0.818 bits per heavy atom. The summed E-state index contributed by atoms with van der Waals surface area (Å²) in [7, 11) is 2.01. The van der Waals surface area contributed by atoms with Crippen LogP contribution in [0.4, 0.5) is 4.39 Å². The van der Waals surface area contributed by atoms with Gasteiger partial charge in [0.2, 0.25) is 35.4 Å². The smallest absolute Gasteiger partial charge is 0.283 e. The van der Waals surface area contributed by atoms with E-state index in [9.17, 15) is 77.4 Å². The molecule has 750 valence electrons. The van der Waals surface area contributed by atoms with Gasteiger partial charge in [0.25, 0.3) is 51.9 Å². The van der Waals surface area contributed by atoms with Crippen molar-refractivity contribution in [2.24, 2.45) is 21.1 Å². The molecular weight excluding hydrogens is 1920 g/mol. The molecule has 0 spiro atoms. The minimum Gasteiger partial charge on any atom is -0.481 e. The first kappa shape index (κ1) is 106. The molecule has 44 heteroatoms. The number of carbonyl (C=O) groups excluding carboxylic acids is 6. The number of benzene rings is 4. The molecule has 1 fully saturated rings. The van der Waals surface area contributed by atoms with Crippen molar-refractivity contribution in [3.8, 4) is 68.4 Å². The lowest BCUT2D eigenvalue weighted by molar-refractivity contribution is -0.206. The largest absolute Gasteiger partial charge is 0.481 e. The number of halogens is 1. The fourth-order valence-electron chi connectivity index (χ4n) is 17.5. The van der Waals surface area contributed by atoms with Crippen molar-refractivity contribution in [1.82, 2.24) is 92.6 Å². The second kappa shape index (κ2) is 44.2. The molecule has 143 heavy (non-hydrogen) atoms. The summed E-state index contributed by atoms with van der Waals surface area (Å²) >= 11 is 0. The van der Waals surface area contributed by atoms with Gasteiger partial charge in [-0.3, -0.25) is 47.5 Å². The van der Waals surface area contributed by atoms with Crippen LogP contribution in [-0.2, 0) is 166 Å². The molecule has 0 bridgehead atoms. The van der Waals surface area contributed by atoms with E-state index in [4.69, 9.17) is 18.9 Å². The average Bonchev–Trinajstić information content (AvgIpc) is 1.15. The second-order valence-corrected chi connectivity index (χ2v) is 42.3. The summed E-state index contributed by atoms with van der Waals surface area (Å²) in [6, 6.07) is 37.5. The first-order chi connectivity index (χ1) is 67.8. The Hall–Kier alpha value is -14.7. The summed E-state index contributed by atoms with van der Waals surface area (Å²) < 4.78 is 154. The van der Waals surface area contributed by atoms with E-state index in [-0.39, 0.29) is 83.7 Å². The normalized spacial score (nSPS) is 13.4. The van der Waals surface area contributed by atoms with Crippen LogP contribution in [0, 0.1) is 28.5 Å². The molecule has 4 aliphatic rings. The van der Waals surface area contributed by atoms with Crippen LogP contribution in [-0.4, -0.2) is 220 Å². The van der Waals surface area contributed by atoms with Crippen molar-refractivity contribution < 1.29 is 85.8 Å². The van der Waals surface area contributed by atoms with Crippen LogP contribution in [0.3, 0.4) is 0 Å². The zero-order valence-corrected chi connectivity index (χ0v) is 85.1. The standard InChI is InChI=1S/C27H29N5O5S.C24H30FN5O4S.C24H24N6O4S.C24H27N5O5S/c1-17(2)32-24(27(36-3)15-37-16-27)13-26(30-32)38(34,35)31-25(33)12-23-21-6-4-5-18(21)7-8-22(23)19-9-10-29-20(11-19)14-28;1-15(2)19-10-17(25)11-20(16-7-8-26-23(9-16)34-6)21(19)13-22(31)28-35(32,33)24-12-18(14-29(3)4)30(5)27-24;1-29(2)24(32)21-13-23(27-30(21)3)35(33,34)28-22(31)12-20-18-6-4-5-15(18)7-8-19(20)16-9-10-26-17(11-16)14-25;1-28(2)24(31)20-14-23(26-29(20)3)35(32,33)27-21(30)13-19-17-7-5-6-15(17)8-9-18(19)16-10-11-25-22(12-16)34-4/h7-11,13,17H,4-6,12,15-16H2,1-3H3,(H,31,33);7-12,15H,13-14H2,1-6H3,(H,28,31);7-11,13H,4-6,12H2,1-3H3,(H,28,31);8-12,14H,5-7,13H2,1-4H3,(H,27,30). The van der Waals surface area contributed by atoms with Crippen molar-refractivity contribution in [3.05, 3.63) is 247 Å². The van der Waals surface area contributed by atoms with E-state index < -0.39 is 97.0 Å². The van der Waals surface area contributed by atoms with E-state index >= 15 is 0 Å². The first-order valence-corrected chi connectivity index (χ1v) is 51.3. The molecule has 0 saturated carbocycles. The van der Waals surface area contributed by atoms with Crippen LogP contribution >= 0.6 is 0 Å². The van der Waals surface area contributed by atoms with Crippen LogP contribution < -0.4 is 28.4 Å². The van der Waals surface area contributed by atoms with Crippen LogP contribution in [0.2, 0.25) is 0 Å². The summed E-state index contributed by atoms with van der Waals surface area (Å²) in [5.74, 6) is -3.41. The molecule has 39 nitrogen and oxygen atoms in total. The van der Waals surface area contributed by atoms with Crippen molar-refractivity contribution >= 4 is 75.5 Å². The number of nitrogens with zero attached hydrogens (tertiary/aromatic N) is 17. The zero-order valence-electron chi connectivity index (χ0n) is 81.8. The maximum absolute atomic E-state index is 14.5. The van der Waals surface area contributed by atoms with Gasteiger partial charge >= 0.3 is 0 Å². The van der Waals surface area contributed by atoms with E-state index in [1.54, 1.807) is 102 Å². The predicted octanol–water partition coefficient (Wildman–Crippen LogP) is 8.99. The molecular formula is C99H110FN21O18S4. The highest BCUT2D eigenvalue weighted by Gasteiger charge is 2.46. The van der Waals surface area contributed by atoms with Gasteiger partial charge in [-0.1, -0.05) is 50.2 Å². The van der Waals surface area contributed by atoms with Crippen LogP contribution in [0.1, 0.15) is 164 Å². The van der Waals surface area contributed by atoms with E-state index in [0.717, 1.165) is 153 Å². The Bertz CT molecular complexity index is 7540. The number of nitrogens with one attached hydrogen (secondary N) is 4. The fraction of sp³-hybridized carbons (Fsp3) is 0.354. The number of amides is 6. The maximum atomic E-state index is 14.5. The summed E-state index contributed by atoms with van der Waals surface area (Å²) in [5, 5.41) is 33.4. The minimum absolute atomic E-state index is 0.0805. The predicted molar refractivity (Wildman–Crippen MR) is 523 cm³/mol. The number of fused-ring (bicyclic) bond motifs is 3. The number of rotatable bonds is 30. The Morgan fingerprint density at radius 3 is 1.17 bits per heavy atom. The van der Waals surface area contributed by atoms with Crippen molar-refractivity contribution in [2.45, 2.75) is 155 Å². The van der Waals surface area contributed by atoms with E-state index in [2.05, 4.69) is 65.3 Å². The van der Waals surface area contributed by atoms with Crippen LogP contribution in [0.5, 0.6) is 11.8 Å². The Balaban J connectivity index is 0.000000160. The van der Waals surface area contributed by atoms with Gasteiger partial charge in [0.15, 0.2) is 25.7 Å². The molecule has 0 unspecified atom stereocenters. The number of pyridine rings is 4. The van der Waals surface area contributed by atoms with Gasteiger partial charge in [0, 0.05) is 130 Å². The lowest BCUT2D eigenvalue weighted by Crippen LogP contribution is -2.49. The van der Waals surface area contributed by atoms with E-state index in [1.165, 1.54) is 88.8 Å². The number of hydrogen-bond donors (Lipinski definition) is 4. The topological polar surface area (TPSA) is 504 Å². The highest BCUT2D eigenvalue weighted by atomic mass is 32.2. The highest BCUT2D eigenvalue weighted by Crippen LogP contribution is 2.41. The number of ether oxygens (including phenoxy) is 4. The molecule has 9 heterocycles. The SMILES string of the molecule is CN(C)C(=O)c1cc(S(=O)(=O)NC(=O)Cc2c(-c3ccnc(C#N)c3)ccc3c2CCC3)nn1C.COC1(c2cc(S(=O)(=O)NC(=O)Cc3c(-c4ccnc(C#N)c4)ccc4c3CCC4)nn2C(C)C)COC1.COc1cc(-c2cc(F)cc(C(C)C)c2CC(=O)NS(=O)(=O)c2cc(CN(C)C)n(C)n2)ccn1.COc1cc(-c2ccc3c(c2CC(=O)NS(=O)(=O)c2cc(C(=O)N(C)C)n(C)n2)CCC3)ccn1. The highest BCUT2D eigenvalue weighted by molar-refractivity contribution is 7.90. The number of nitriles is 2. The molecule has 4 N–H and O–H groups in total. The summed E-state index contributed by atoms with van der Waals surface area (Å²) in [6.45, 7) is 8.61. The van der Waals surface area contributed by atoms with Gasteiger partial charge < -0.3 is 33.6 Å². The molecule has 4 aromatic carbocycles. The van der Waals surface area contributed by atoms with Crippen molar-refractivity contribution in [2.75, 3.05) is 76.8 Å². The molecule has 8 aromatic heterocycles. The van der Waals surface area contributed by atoms with E-state index in [0.29, 0.717) is 51.9 Å². The van der Waals surface area contributed by atoms with Crippen LogP contribution in [0.15, 0.2) is 166 Å².